The fourth-order valence-corrected chi connectivity index (χ4v) is 5.26. The number of anilines is 4. The Bertz CT molecular complexity index is 1400. The number of carbonyl (C=O) groups excluding carboxylic acids is 3. The van der Waals surface area contributed by atoms with Crippen molar-refractivity contribution in [3.8, 4) is 0 Å². The molecule has 0 radical (unpaired) electrons. The third-order valence-electron chi connectivity index (χ3n) is 6.12. The summed E-state index contributed by atoms with van der Waals surface area (Å²) in [6.45, 7) is 0.0381. The van der Waals surface area contributed by atoms with Gasteiger partial charge in [-0.1, -0.05) is 72.4 Å². The molecule has 41 heavy (non-hydrogen) atoms. The lowest BCUT2D eigenvalue weighted by Gasteiger charge is -2.35. The van der Waals surface area contributed by atoms with E-state index in [1.54, 1.807) is 65.2 Å². The molecule has 9 nitrogen and oxygen atoms in total. The zero-order valence-corrected chi connectivity index (χ0v) is 22.9. The number of urea groups is 1. The summed E-state index contributed by atoms with van der Waals surface area (Å²) in [6, 6.07) is 32.9. The Morgan fingerprint density at radius 3 is 1.49 bits per heavy atom. The first-order chi connectivity index (χ1) is 20.1. The smallest absolute Gasteiger partial charge is 0.411 e. The van der Waals surface area contributed by atoms with Gasteiger partial charge in [0.25, 0.3) is 0 Å². The topological polar surface area (TPSA) is 100 Å². The van der Waals surface area contributed by atoms with Gasteiger partial charge < -0.3 is 14.4 Å². The van der Waals surface area contributed by atoms with Crippen LogP contribution in [0, 0.1) is 0 Å². The van der Waals surface area contributed by atoms with E-state index in [2.05, 4.69) is 10.6 Å². The van der Waals surface area contributed by atoms with Crippen molar-refractivity contribution >= 4 is 52.7 Å². The summed E-state index contributed by atoms with van der Waals surface area (Å²) in [5.41, 5.74) is 2.69. The first-order valence-corrected chi connectivity index (χ1v) is 13.8. The van der Waals surface area contributed by atoms with Gasteiger partial charge in [-0.3, -0.25) is 15.5 Å². The third-order valence-corrected chi connectivity index (χ3v) is 7.25. The molecule has 0 bridgehead atoms. The second kappa shape index (κ2) is 13.4. The van der Waals surface area contributed by atoms with Gasteiger partial charge in [-0.25, -0.2) is 14.4 Å². The van der Waals surface area contributed by atoms with Crippen LogP contribution in [0.15, 0.2) is 119 Å². The molecular formula is C31H28N4O5S. The largest absolute Gasteiger partial charge is 0.447 e. The summed E-state index contributed by atoms with van der Waals surface area (Å²) in [5, 5.41) is 5.32. The summed E-state index contributed by atoms with van der Waals surface area (Å²) >= 11 is 1.59. The van der Waals surface area contributed by atoms with Crippen molar-refractivity contribution in [3.63, 3.8) is 0 Å². The highest BCUT2D eigenvalue weighted by molar-refractivity contribution is 7.99. The van der Waals surface area contributed by atoms with Crippen molar-refractivity contribution in [2.45, 2.75) is 9.79 Å². The number of fused-ring (bicyclic) bond motifs is 2. The summed E-state index contributed by atoms with van der Waals surface area (Å²) in [4.78, 5) is 43.8. The summed E-state index contributed by atoms with van der Waals surface area (Å²) < 4.78 is 10.7. The number of nitrogens with zero attached hydrogens (tertiary/aromatic N) is 2. The fraction of sp³-hybridized carbons (Fsp3) is 0.129. The highest BCUT2D eigenvalue weighted by Gasteiger charge is 2.31. The molecule has 0 saturated carbocycles. The third kappa shape index (κ3) is 7.17. The van der Waals surface area contributed by atoms with Crippen molar-refractivity contribution < 1.29 is 23.9 Å². The molecule has 5 rings (SSSR count). The van der Waals surface area contributed by atoms with Crippen LogP contribution < -0.4 is 15.5 Å². The molecule has 1 aliphatic rings. The molecule has 0 aromatic heterocycles. The quantitative estimate of drug-likeness (QED) is 0.233. The molecule has 1 heterocycles. The second-order valence-corrected chi connectivity index (χ2v) is 9.98. The lowest BCUT2D eigenvalue weighted by Crippen LogP contribution is -2.45. The van der Waals surface area contributed by atoms with Crippen LogP contribution in [0.25, 0.3) is 0 Å². The van der Waals surface area contributed by atoms with Crippen LogP contribution in [0.3, 0.4) is 0 Å². The lowest BCUT2D eigenvalue weighted by molar-refractivity contribution is 0.125. The van der Waals surface area contributed by atoms with E-state index in [-0.39, 0.29) is 32.3 Å². The van der Waals surface area contributed by atoms with Crippen molar-refractivity contribution in [2.24, 2.45) is 0 Å². The predicted molar refractivity (Wildman–Crippen MR) is 159 cm³/mol. The van der Waals surface area contributed by atoms with Gasteiger partial charge in [-0.05, 0) is 48.5 Å². The minimum absolute atomic E-state index is 0.0630. The van der Waals surface area contributed by atoms with E-state index in [1.165, 1.54) is 4.90 Å². The highest BCUT2D eigenvalue weighted by atomic mass is 32.2. The number of hydrogen-bond acceptors (Lipinski definition) is 6. The zero-order chi connectivity index (χ0) is 28.4. The monoisotopic (exact) mass is 568 g/mol. The van der Waals surface area contributed by atoms with Gasteiger partial charge in [0.2, 0.25) is 0 Å². The molecule has 4 aromatic rings. The average Bonchev–Trinajstić information content (AvgIpc) is 2.99. The summed E-state index contributed by atoms with van der Waals surface area (Å²) in [5.74, 6) is 0. The molecule has 4 amide bonds. The minimum Gasteiger partial charge on any atom is -0.447 e. The van der Waals surface area contributed by atoms with E-state index in [0.29, 0.717) is 11.4 Å². The van der Waals surface area contributed by atoms with Crippen LogP contribution in [0.4, 0.5) is 37.1 Å². The molecule has 0 saturated heterocycles. The predicted octanol–water partition coefficient (Wildman–Crippen LogP) is 7.21. The van der Waals surface area contributed by atoms with Crippen LogP contribution in [0.1, 0.15) is 0 Å². The highest BCUT2D eigenvalue weighted by Crippen LogP contribution is 2.48. The van der Waals surface area contributed by atoms with Crippen LogP contribution in [0.2, 0.25) is 0 Å². The molecule has 0 fully saturated rings. The van der Waals surface area contributed by atoms with E-state index in [1.807, 2.05) is 60.7 Å². The van der Waals surface area contributed by atoms with Crippen molar-refractivity contribution in [1.29, 1.82) is 0 Å². The number of nitrogens with one attached hydrogen (secondary N) is 2. The van der Waals surface area contributed by atoms with E-state index < -0.39 is 12.2 Å². The second-order valence-electron chi connectivity index (χ2n) is 8.90. The number of carbonyl (C=O) groups is 3. The number of rotatable bonds is 8. The Hall–Kier alpha value is -4.96. The van der Waals surface area contributed by atoms with E-state index in [0.717, 1.165) is 21.2 Å². The van der Waals surface area contributed by atoms with Crippen LogP contribution in [-0.2, 0) is 9.47 Å². The number of amides is 4. The zero-order valence-electron chi connectivity index (χ0n) is 22.1. The molecule has 208 valence electrons. The maximum Gasteiger partial charge on any atom is 0.411 e. The van der Waals surface area contributed by atoms with Crippen LogP contribution in [0.5, 0.6) is 0 Å². The van der Waals surface area contributed by atoms with Crippen molar-refractivity contribution in [3.05, 3.63) is 109 Å². The lowest BCUT2D eigenvalue weighted by atomic mass is 10.2. The Balaban J connectivity index is 1.29. The van der Waals surface area contributed by atoms with Gasteiger partial charge in [0.05, 0.1) is 24.5 Å². The maximum absolute atomic E-state index is 14.1. The van der Waals surface area contributed by atoms with Crippen molar-refractivity contribution in [1.82, 2.24) is 4.90 Å². The van der Waals surface area contributed by atoms with Crippen LogP contribution in [-0.4, -0.2) is 49.4 Å². The van der Waals surface area contributed by atoms with E-state index >= 15 is 0 Å². The van der Waals surface area contributed by atoms with Gasteiger partial charge >= 0.3 is 18.2 Å². The normalized spacial score (nSPS) is 11.5. The van der Waals surface area contributed by atoms with E-state index in [4.69, 9.17) is 9.47 Å². The number of ether oxygens (including phenoxy) is 2. The molecule has 0 atom stereocenters. The molecule has 0 unspecified atom stereocenters. The SMILES string of the molecule is O=C(Nc1ccccc1)OCCN(CCOC(=O)Nc1ccccc1)C(=O)N1c2ccccc2Sc2ccccc21. The Morgan fingerprint density at radius 1 is 0.610 bits per heavy atom. The van der Waals surface area contributed by atoms with Gasteiger partial charge in [-0.15, -0.1) is 0 Å². The minimum atomic E-state index is -0.632. The summed E-state index contributed by atoms with van der Waals surface area (Å²) in [7, 11) is 0. The van der Waals surface area contributed by atoms with Gasteiger partial charge in [0.1, 0.15) is 13.2 Å². The number of para-hydroxylation sites is 4. The van der Waals surface area contributed by atoms with Gasteiger partial charge in [-0.2, -0.15) is 0 Å². The Labute approximate surface area is 242 Å². The summed E-state index contributed by atoms with van der Waals surface area (Å²) in [6.07, 6.45) is -1.26. The molecular weight excluding hydrogens is 540 g/mol. The van der Waals surface area contributed by atoms with E-state index in [9.17, 15) is 14.4 Å². The van der Waals surface area contributed by atoms with Crippen molar-refractivity contribution in [2.75, 3.05) is 41.8 Å². The molecule has 4 aromatic carbocycles. The fourth-order valence-electron chi connectivity index (χ4n) is 4.20. The van der Waals surface area contributed by atoms with Crippen LogP contribution >= 0.6 is 11.8 Å². The first kappa shape index (κ1) is 27.6. The molecule has 0 spiro atoms. The molecule has 10 heteroatoms. The molecule has 1 aliphatic heterocycles. The average molecular weight is 569 g/mol. The van der Waals surface area contributed by atoms with Gasteiger partial charge in [0, 0.05) is 21.2 Å². The van der Waals surface area contributed by atoms with Gasteiger partial charge in [0.15, 0.2) is 0 Å². The maximum atomic E-state index is 14.1. The molecule has 2 N–H and O–H groups in total. The number of benzene rings is 4. The Morgan fingerprint density at radius 2 is 1.02 bits per heavy atom. The Kier molecular flexibility index (Phi) is 9.02. The first-order valence-electron chi connectivity index (χ1n) is 13.0. The molecule has 0 aliphatic carbocycles. The number of hydrogen-bond donors (Lipinski definition) is 2. The standard InChI is InChI=1S/C31H28N4O5S/c36-29(32-23-11-3-1-4-12-23)39-21-19-34(20-22-40-30(37)33-24-13-5-2-6-14-24)31(38)35-25-15-7-9-17-27(25)41-28-18-10-8-16-26(28)35/h1-18H,19-22H2,(H,32,36)(H,33,37).